The summed E-state index contributed by atoms with van der Waals surface area (Å²) in [6, 6.07) is 0. The van der Waals surface area contributed by atoms with Crippen molar-refractivity contribution >= 4 is 22.6 Å². The fourth-order valence-corrected chi connectivity index (χ4v) is 4.50. The van der Waals surface area contributed by atoms with Crippen LogP contribution in [0.15, 0.2) is 0 Å². The summed E-state index contributed by atoms with van der Waals surface area (Å²) in [6.45, 7) is 6.25. The number of halogens is 1. The molecule has 1 nitrogen and oxygen atoms in total. The second-order valence-electron chi connectivity index (χ2n) is 4.44. The molecule has 70 valence electrons. The van der Waals surface area contributed by atoms with Crippen LogP contribution in [0.5, 0.6) is 0 Å². The third kappa shape index (κ3) is 1.65. The standard InChI is InChI=1S/C10H18IN/c1-2-12-5-3-10(4-6-12)7-9(11)8-10/h9H,2-8H2,1H3. The first-order chi connectivity index (χ1) is 5.74. The van der Waals surface area contributed by atoms with Crippen LogP contribution in [0.1, 0.15) is 32.6 Å². The fraction of sp³-hybridized carbons (Fsp3) is 1.00. The smallest absolute Gasteiger partial charge is 0.0120 e. The molecule has 0 aromatic heterocycles. The summed E-state index contributed by atoms with van der Waals surface area (Å²) in [5, 5.41) is 0. The minimum Gasteiger partial charge on any atom is -0.304 e. The molecule has 1 spiro atoms. The summed E-state index contributed by atoms with van der Waals surface area (Å²) in [6.07, 6.45) is 5.96. The topological polar surface area (TPSA) is 3.24 Å². The maximum absolute atomic E-state index is 2.61. The normalized spacial score (nSPS) is 30.5. The lowest BCUT2D eigenvalue weighted by Crippen LogP contribution is -2.47. The highest BCUT2D eigenvalue weighted by atomic mass is 127. The second kappa shape index (κ2) is 3.45. The molecule has 2 aliphatic rings. The highest BCUT2D eigenvalue weighted by Gasteiger charge is 2.44. The van der Waals surface area contributed by atoms with E-state index in [0.29, 0.717) is 0 Å². The molecule has 0 unspecified atom stereocenters. The molecule has 1 heterocycles. The van der Waals surface area contributed by atoms with Gasteiger partial charge >= 0.3 is 0 Å². The first-order valence-electron chi connectivity index (χ1n) is 5.10. The first kappa shape index (κ1) is 9.25. The molecule has 0 bridgehead atoms. The van der Waals surface area contributed by atoms with Crippen molar-refractivity contribution in [2.45, 2.75) is 36.5 Å². The van der Waals surface area contributed by atoms with Crippen LogP contribution in [-0.4, -0.2) is 28.5 Å². The summed E-state index contributed by atoms with van der Waals surface area (Å²) < 4.78 is 0.996. The van der Waals surface area contributed by atoms with Crippen molar-refractivity contribution in [3.63, 3.8) is 0 Å². The van der Waals surface area contributed by atoms with Crippen molar-refractivity contribution in [1.29, 1.82) is 0 Å². The number of rotatable bonds is 1. The molecule has 1 aliphatic carbocycles. The molecule has 0 radical (unpaired) electrons. The van der Waals surface area contributed by atoms with Gasteiger partial charge in [0.1, 0.15) is 0 Å². The van der Waals surface area contributed by atoms with Gasteiger partial charge in [0.2, 0.25) is 0 Å². The van der Waals surface area contributed by atoms with Crippen LogP contribution >= 0.6 is 22.6 Å². The Bertz CT molecular complexity index is 153. The van der Waals surface area contributed by atoms with E-state index < -0.39 is 0 Å². The van der Waals surface area contributed by atoms with E-state index in [-0.39, 0.29) is 0 Å². The predicted octanol–water partition coefficient (Wildman–Crippen LogP) is 2.69. The summed E-state index contributed by atoms with van der Waals surface area (Å²) in [5.41, 5.74) is 0.803. The lowest BCUT2D eigenvalue weighted by atomic mass is 9.63. The molecule has 1 saturated carbocycles. The molecular formula is C10H18IN. The summed E-state index contributed by atoms with van der Waals surface area (Å²) in [7, 11) is 0. The number of likely N-dealkylation sites (tertiary alicyclic amines) is 1. The van der Waals surface area contributed by atoms with Crippen LogP contribution in [0.4, 0.5) is 0 Å². The van der Waals surface area contributed by atoms with Gasteiger partial charge in [-0.3, -0.25) is 0 Å². The number of piperidine rings is 1. The summed E-state index contributed by atoms with van der Waals surface area (Å²) >= 11 is 2.61. The van der Waals surface area contributed by atoms with Crippen molar-refractivity contribution in [2.24, 2.45) is 5.41 Å². The Morgan fingerprint density at radius 2 is 1.92 bits per heavy atom. The van der Waals surface area contributed by atoms with E-state index in [1.54, 1.807) is 0 Å². The molecule has 2 rings (SSSR count). The first-order valence-corrected chi connectivity index (χ1v) is 6.35. The lowest BCUT2D eigenvalue weighted by molar-refractivity contribution is 0.0449. The van der Waals surface area contributed by atoms with E-state index in [4.69, 9.17) is 0 Å². The Hall–Kier alpha value is 0.690. The maximum atomic E-state index is 2.61. The van der Waals surface area contributed by atoms with Crippen molar-refractivity contribution < 1.29 is 0 Å². The molecule has 0 aromatic carbocycles. The third-order valence-corrected chi connectivity index (χ3v) is 4.55. The van der Waals surface area contributed by atoms with Crippen LogP contribution in [0.25, 0.3) is 0 Å². The van der Waals surface area contributed by atoms with Gasteiger partial charge in [0.25, 0.3) is 0 Å². The molecular weight excluding hydrogens is 261 g/mol. The maximum Gasteiger partial charge on any atom is 0.0120 e. The lowest BCUT2D eigenvalue weighted by Gasteiger charge is -2.50. The van der Waals surface area contributed by atoms with E-state index in [2.05, 4.69) is 34.4 Å². The van der Waals surface area contributed by atoms with Crippen molar-refractivity contribution in [1.82, 2.24) is 4.90 Å². The molecule has 2 heteroatoms. The van der Waals surface area contributed by atoms with Crippen LogP contribution < -0.4 is 0 Å². The Morgan fingerprint density at radius 3 is 2.33 bits per heavy atom. The number of hydrogen-bond donors (Lipinski definition) is 0. The SMILES string of the molecule is CCN1CCC2(CC1)CC(I)C2. The molecule has 12 heavy (non-hydrogen) atoms. The van der Waals surface area contributed by atoms with E-state index in [1.807, 2.05) is 0 Å². The van der Waals surface area contributed by atoms with E-state index in [1.165, 1.54) is 45.3 Å². The van der Waals surface area contributed by atoms with E-state index in [0.717, 1.165) is 9.34 Å². The van der Waals surface area contributed by atoms with Crippen LogP contribution in [0.2, 0.25) is 0 Å². The molecule has 0 aromatic rings. The quantitative estimate of drug-likeness (QED) is 0.527. The minimum absolute atomic E-state index is 0.803. The third-order valence-electron chi connectivity index (χ3n) is 3.67. The van der Waals surface area contributed by atoms with Crippen molar-refractivity contribution in [3.05, 3.63) is 0 Å². The van der Waals surface area contributed by atoms with Gasteiger partial charge in [0.05, 0.1) is 0 Å². The van der Waals surface area contributed by atoms with E-state index in [9.17, 15) is 0 Å². The zero-order valence-corrected chi connectivity index (χ0v) is 10.0. The van der Waals surface area contributed by atoms with E-state index >= 15 is 0 Å². The average molecular weight is 279 g/mol. The van der Waals surface area contributed by atoms with Crippen LogP contribution in [0.3, 0.4) is 0 Å². The van der Waals surface area contributed by atoms with Gasteiger partial charge in [0, 0.05) is 3.92 Å². The van der Waals surface area contributed by atoms with Gasteiger partial charge in [-0.25, -0.2) is 0 Å². The van der Waals surface area contributed by atoms with Gasteiger partial charge in [-0.1, -0.05) is 29.5 Å². The Morgan fingerprint density at radius 1 is 1.33 bits per heavy atom. The van der Waals surface area contributed by atoms with Crippen LogP contribution in [-0.2, 0) is 0 Å². The second-order valence-corrected chi connectivity index (χ2v) is 6.20. The largest absolute Gasteiger partial charge is 0.304 e. The zero-order chi connectivity index (χ0) is 8.60. The fourth-order valence-electron chi connectivity index (χ4n) is 2.63. The monoisotopic (exact) mass is 279 g/mol. The molecule has 0 N–H and O–H groups in total. The number of alkyl halides is 1. The van der Waals surface area contributed by atoms with Gasteiger partial charge in [0.15, 0.2) is 0 Å². The summed E-state index contributed by atoms with van der Waals surface area (Å²) in [4.78, 5) is 2.59. The molecule has 0 amide bonds. The van der Waals surface area contributed by atoms with Crippen molar-refractivity contribution in [3.8, 4) is 0 Å². The average Bonchev–Trinajstić information content (AvgIpc) is 2.04. The number of nitrogens with zero attached hydrogens (tertiary/aromatic N) is 1. The van der Waals surface area contributed by atoms with Crippen molar-refractivity contribution in [2.75, 3.05) is 19.6 Å². The molecule has 2 fully saturated rings. The van der Waals surface area contributed by atoms with Gasteiger partial charge in [-0.2, -0.15) is 0 Å². The van der Waals surface area contributed by atoms with Gasteiger partial charge in [-0.05, 0) is 50.7 Å². The molecule has 0 atom stereocenters. The number of hydrogen-bond acceptors (Lipinski definition) is 1. The van der Waals surface area contributed by atoms with Gasteiger partial charge in [-0.15, -0.1) is 0 Å². The minimum atomic E-state index is 0.803. The highest BCUT2D eigenvalue weighted by molar-refractivity contribution is 14.1. The Labute approximate surface area is 89.0 Å². The Kier molecular flexibility index (Phi) is 2.66. The molecule has 1 saturated heterocycles. The zero-order valence-electron chi connectivity index (χ0n) is 7.85. The predicted molar refractivity (Wildman–Crippen MR) is 60.8 cm³/mol. The Balaban J connectivity index is 1.83. The summed E-state index contributed by atoms with van der Waals surface area (Å²) in [5.74, 6) is 0. The highest BCUT2D eigenvalue weighted by Crippen LogP contribution is 2.51. The van der Waals surface area contributed by atoms with Crippen LogP contribution in [0, 0.1) is 5.41 Å². The molecule has 1 aliphatic heterocycles. The van der Waals surface area contributed by atoms with Gasteiger partial charge < -0.3 is 4.90 Å².